The molecule has 1 aliphatic carbocycles. The van der Waals surface area contributed by atoms with Crippen LogP contribution in [-0.2, 0) is 9.53 Å². The Balaban J connectivity index is 1.93. The van der Waals surface area contributed by atoms with Crippen LogP contribution < -0.4 is 0 Å². The Hall–Kier alpha value is -1.65. The van der Waals surface area contributed by atoms with Gasteiger partial charge in [-0.05, 0) is 12.5 Å². The lowest BCUT2D eigenvalue weighted by molar-refractivity contribution is -0.144. The molecular weight excluding hydrogens is 266 g/mol. The molecule has 1 heterocycles. The van der Waals surface area contributed by atoms with Gasteiger partial charge in [0.1, 0.15) is 6.04 Å². The Morgan fingerprint density at radius 3 is 2.67 bits per heavy atom. The summed E-state index contributed by atoms with van der Waals surface area (Å²) in [5, 5.41) is 9.67. The second-order valence-electron chi connectivity index (χ2n) is 5.89. The summed E-state index contributed by atoms with van der Waals surface area (Å²) in [6.07, 6.45) is 4.20. The lowest BCUT2D eigenvalue weighted by Crippen LogP contribution is -2.45. The Morgan fingerprint density at radius 2 is 2.05 bits per heavy atom. The molecule has 0 radical (unpaired) electrons. The van der Waals surface area contributed by atoms with E-state index in [1.807, 2.05) is 18.2 Å². The van der Waals surface area contributed by atoms with Gasteiger partial charge in [-0.25, -0.2) is 0 Å². The van der Waals surface area contributed by atoms with Crippen molar-refractivity contribution < 1.29 is 14.6 Å². The van der Waals surface area contributed by atoms with E-state index in [2.05, 4.69) is 36.1 Å². The number of fused-ring (bicyclic) bond motifs is 2. The van der Waals surface area contributed by atoms with Crippen LogP contribution in [-0.4, -0.2) is 41.8 Å². The van der Waals surface area contributed by atoms with Crippen LogP contribution in [0.4, 0.5) is 0 Å². The van der Waals surface area contributed by atoms with Crippen LogP contribution in [0.2, 0.25) is 0 Å². The summed E-state index contributed by atoms with van der Waals surface area (Å²) in [4.78, 5) is 13.9. The molecule has 2 aliphatic rings. The zero-order chi connectivity index (χ0) is 15.0. The van der Waals surface area contributed by atoms with Crippen molar-refractivity contribution in [3.63, 3.8) is 0 Å². The van der Waals surface area contributed by atoms with E-state index in [9.17, 15) is 9.90 Å². The standard InChI is InChI=1S/C17H21NO3/c1-11(12-6-4-3-5-7-12)18-15-9-8-13(14(15)10-21-2)16(18)17(19)20/h3-9,11,13-16H,10H2,1-2H3,(H,19,20). The minimum absolute atomic E-state index is 0.0404. The molecule has 1 aromatic carbocycles. The van der Waals surface area contributed by atoms with Gasteiger partial charge in [-0.2, -0.15) is 0 Å². The monoisotopic (exact) mass is 287 g/mol. The molecule has 0 spiro atoms. The highest BCUT2D eigenvalue weighted by atomic mass is 16.5. The van der Waals surface area contributed by atoms with Gasteiger partial charge in [0.25, 0.3) is 0 Å². The van der Waals surface area contributed by atoms with Gasteiger partial charge >= 0.3 is 5.97 Å². The highest BCUT2D eigenvalue weighted by molar-refractivity contribution is 5.76. The van der Waals surface area contributed by atoms with Gasteiger partial charge in [0.2, 0.25) is 0 Å². The van der Waals surface area contributed by atoms with Crippen LogP contribution in [0.5, 0.6) is 0 Å². The van der Waals surface area contributed by atoms with E-state index < -0.39 is 12.0 Å². The number of nitrogens with zero attached hydrogens (tertiary/aromatic N) is 1. The molecule has 21 heavy (non-hydrogen) atoms. The van der Waals surface area contributed by atoms with Crippen molar-refractivity contribution in [3.05, 3.63) is 48.0 Å². The van der Waals surface area contributed by atoms with Crippen molar-refractivity contribution in [1.29, 1.82) is 0 Å². The number of methoxy groups -OCH3 is 1. The number of carboxylic acids is 1. The summed E-state index contributed by atoms with van der Waals surface area (Å²) in [5.74, 6) is -0.461. The number of likely N-dealkylation sites (tertiary alicyclic amines) is 1. The van der Waals surface area contributed by atoms with Crippen LogP contribution in [0.15, 0.2) is 42.5 Å². The highest BCUT2D eigenvalue weighted by Crippen LogP contribution is 2.46. The minimum Gasteiger partial charge on any atom is -0.480 e. The summed E-state index contributed by atoms with van der Waals surface area (Å²) in [6, 6.07) is 9.86. The molecule has 1 aromatic rings. The summed E-state index contributed by atoms with van der Waals surface area (Å²) >= 11 is 0. The van der Waals surface area contributed by atoms with Crippen LogP contribution in [0, 0.1) is 11.8 Å². The third-order valence-electron chi connectivity index (χ3n) is 4.83. The normalized spacial score (nSPS) is 32.5. The third-order valence-corrected chi connectivity index (χ3v) is 4.83. The zero-order valence-corrected chi connectivity index (χ0v) is 12.3. The number of carboxylic acid groups (broad SMARTS) is 1. The van der Waals surface area contributed by atoms with Crippen LogP contribution >= 0.6 is 0 Å². The Bertz CT molecular complexity index is 542. The predicted octanol–water partition coefficient (Wildman–Crippen LogP) is 2.33. The van der Waals surface area contributed by atoms with Crippen LogP contribution in [0.3, 0.4) is 0 Å². The lowest BCUT2D eigenvalue weighted by Gasteiger charge is -2.35. The fourth-order valence-corrected chi connectivity index (χ4v) is 3.90. The number of ether oxygens (including phenoxy) is 1. The smallest absolute Gasteiger partial charge is 0.321 e. The number of rotatable bonds is 5. The van der Waals surface area contributed by atoms with Crippen molar-refractivity contribution in [3.8, 4) is 0 Å². The average molecular weight is 287 g/mol. The van der Waals surface area contributed by atoms with E-state index in [4.69, 9.17) is 4.74 Å². The lowest BCUT2D eigenvalue weighted by atomic mass is 9.93. The SMILES string of the molecule is COCC1C2C=CC1N(C(C)c1ccccc1)C2C(=O)O. The maximum atomic E-state index is 11.8. The molecule has 0 saturated carbocycles. The second kappa shape index (κ2) is 5.62. The number of hydrogen-bond donors (Lipinski definition) is 1. The Labute approximate surface area is 125 Å². The molecule has 0 aromatic heterocycles. The fourth-order valence-electron chi connectivity index (χ4n) is 3.90. The molecule has 1 N–H and O–H groups in total. The van der Waals surface area contributed by atoms with Gasteiger partial charge in [0.15, 0.2) is 0 Å². The molecule has 0 amide bonds. The molecule has 3 rings (SSSR count). The molecular formula is C17H21NO3. The molecule has 1 saturated heterocycles. The van der Waals surface area contributed by atoms with Crippen LogP contribution in [0.25, 0.3) is 0 Å². The Morgan fingerprint density at radius 1 is 1.33 bits per heavy atom. The van der Waals surface area contributed by atoms with Gasteiger partial charge in [-0.15, -0.1) is 0 Å². The first-order valence-corrected chi connectivity index (χ1v) is 7.37. The van der Waals surface area contributed by atoms with Crippen molar-refractivity contribution >= 4 is 5.97 Å². The first kappa shape index (κ1) is 14.3. The van der Waals surface area contributed by atoms with Crippen molar-refractivity contribution in [2.75, 3.05) is 13.7 Å². The van der Waals surface area contributed by atoms with Crippen LogP contribution in [0.1, 0.15) is 18.5 Å². The maximum Gasteiger partial charge on any atom is 0.321 e. The minimum atomic E-state index is -0.740. The summed E-state index contributed by atoms with van der Waals surface area (Å²) in [6.45, 7) is 2.69. The highest BCUT2D eigenvalue weighted by Gasteiger charge is 2.54. The van der Waals surface area contributed by atoms with Gasteiger partial charge in [0, 0.05) is 31.0 Å². The number of carbonyl (C=O) groups is 1. The first-order valence-electron chi connectivity index (χ1n) is 7.37. The third kappa shape index (κ3) is 2.28. The van der Waals surface area contributed by atoms with E-state index in [1.165, 1.54) is 0 Å². The predicted molar refractivity (Wildman–Crippen MR) is 79.9 cm³/mol. The molecule has 4 heteroatoms. The molecule has 5 unspecified atom stereocenters. The molecule has 2 bridgehead atoms. The van der Waals surface area contributed by atoms with E-state index in [-0.39, 0.29) is 23.9 Å². The summed E-state index contributed by atoms with van der Waals surface area (Å²) < 4.78 is 5.31. The largest absolute Gasteiger partial charge is 0.480 e. The van der Waals surface area contributed by atoms with E-state index in [0.717, 1.165) is 5.56 Å². The number of benzene rings is 1. The van der Waals surface area contributed by atoms with Crippen molar-refractivity contribution in [2.24, 2.45) is 11.8 Å². The molecule has 4 nitrogen and oxygen atoms in total. The number of aliphatic carboxylic acids is 1. The quantitative estimate of drug-likeness (QED) is 0.845. The average Bonchev–Trinajstić information content (AvgIpc) is 3.03. The molecule has 5 atom stereocenters. The van der Waals surface area contributed by atoms with Gasteiger partial charge < -0.3 is 9.84 Å². The van der Waals surface area contributed by atoms with E-state index >= 15 is 0 Å². The molecule has 112 valence electrons. The van der Waals surface area contributed by atoms with Gasteiger partial charge in [-0.3, -0.25) is 9.69 Å². The first-order chi connectivity index (χ1) is 10.1. The fraction of sp³-hybridized carbons (Fsp3) is 0.471. The maximum absolute atomic E-state index is 11.8. The molecule has 1 aliphatic heterocycles. The number of hydrogen-bond acceptors (Lipinski definition) is 3. The Kier molecular flexibility index (Phi) is 3.83. The topological polar surface area (TPSA) is 49.8 Å². The van der Waals surface area contributed by atoms with Gasteiger partial charge in [0.05, 0.1) is 6.61 Å². The van der Waals surface area contributed by atoms with E-state index in [1.54, 1.807) is 7.11 Å². The molecule has 1 fully saturated rings. The summed E-state index contributed by atoms with van der Waals surface area (Å²) in [5.41, 5.74) is 1.15. The summed E-state index contributed by atoms with van der Waals surface area (Å²) in [7, 11) is 1.68. The van der Waals surface area contributed by atoms with Crippen molar-refractivity contribution in [1.82, 2.24) is 4.90 Å². The second-order valence-corrected chi connectivity index (χ2v) is 5.89. The van der Waals surface area contributed by atoms with Gasteiger partial charge in [-0.1, -0.05) is 42.5 Å². The zero-order valence-electron chi connectivity index (χ0n) is 12.3. The van der Waals surface area contributed by atoms with E-state index in [0.29, 0.717) is 6.61 Å². The van der Waals surface area contributed by atoms with Crippen molar-refractivity contribution in [2.45, 2.75) is 25.0 Å².